The maximum Gasteiger partial charge on any atom is 0.0501 e. The molecular formula is C19H22N3. The molecule has 1 N–H and O–H groups in total. The van der Waals surface area contributed by atoms with E-state index in [1.54, 1.807) is 0 Å². The molecular weight excluding hydrogens is 270 g/mol. The van der Waals surface area contributed by atoms with Crippen molar-refractivity contribution in [3.63, 3.8) is 0 Å². The topological polar surface area (TPSA) is 22.3 Å². The Balaban J connectivity index is 2.15. The van der Waals surface area contributed by atoms with Crippen molar-refractivity contribution in [1.82, 2.24) is 4.98 Å². The molecule has 22 heavy (non-hydrogen) atoms. The first-order valence-corrected chi connectivity index (χ1v) is 7.46. The van der Waals surface area contributed by atoms with Gasteiger partial charge in [0.05, 0.1) is 5.69 Å². The Kier molecular flexibility index (Phi) is 3.57. The van der Waals surface area contributed by atoms with Crippen LogP contribution in [0.15, 0.2) is 36.4 Å². The fraction of sp³-hybridized carbons (Fsp3) is 0.263. The molecule has 0 bridgehead atoms. The van der Waals surface area contributed by atoms with Crippen LogP contribution >= 0.6 is 0 Å². The van der Waals surface area contributed by atoms with Crippen molar-refractivity contribution in [1.29, 1.82) is 0 Å². The van der Waals surface area contributed by atoms with Crippen molar-refractivity contribution in [2.45, 2.75) is 6.92 Å². The van der Waals surface area contributed by atoms with Crippen molar-refractivity contribution in [3.05, 3.63) is 48.0 Å². The Morgan fingerprint density at radius 1 is 0.909 bits per heavy atom. The van der Waals surface area contributed by atoms with Gasteiger partial charge in [-0.15, -0.1) is 0 Å². The maximum absolute atomic E-state index is 3.57. The number of anilines is 2. The van der Waals surface area contributed by atoms with E-state index < -0.39 is 0 Å². The van der Waals surface area contributed by atoms with Crippen molar-refractivity contribution in [2.75, 3.05) is 38.0 Å². The molecule has 0 fully saturated rings. The van der Waals surface area contributed by atoms with Crippen LogP contribution < -0.4 is 9.80 Å². The van der Waals surface area contributed by atoms with Gasteiger partial charge in [-0.2, -0.15) is 0 Å². The van der Waals surface area contributed by atoms with Gasteiger partial charge in [-0.05, 0) is 42.8 Å². The number of aromatic amines is 1. The second-order valence-corrected chi connectivity index (χ2v) is 6.10. The Bertz CT molecular complexity index is 813. The fourth-order valence-corrected chi connectivity index (χ4v) is 2.75. The predicted molar refractivity (Wildman–Crippen MR) is 96.0 cm³/mol. The summed E-state index contributed by atoms with van der Waals surface area (Å²) >= 11 is 0. The SMILES string of the molecule is Cc1c(-c2[c]ccc(N(C)C)c2)[nH]c2cc(N(C)C)ccc12. The van der Waals surface area contributed by atoms with Gasteiger partial charge in [-0.25, -0.2) is 0 Å². The van der Waals surface area contributed by atoms with Gasteiger partial charge >= 0.3 is 0 Å². The molecule has 3 aromatic rings. The molecule has 0 unspecified atom stereocenters. The van der Waals surface area contributed by atoms with Gasteiger partial charge in [0.15, 0.2) is 0 Å². The highest BCUT2D eigenvalue weighted by Crippen LogP contribution is 2.32. The third-order valence-corrected chi connectivity index (χ3v) is 4.13. The number of rotatable bonds is 3. The van der Waals surface area contributed by atoms with Gasteiger partial charge in [-0.1, -0.05) is 12.1 Å². The number of fused-ring (bicyclic) bond motifs is 1. The Morgan fingerprint density at radius 3 is 2.27 bits per heavy atom. The first-order valence-electron chi connectivity index (χ1n) is 7.46. The monoisotopic (exact) mass is 292 g/mol. The summed E-state index contributed by atoms with van der Waals surface area (Å²) in [7, 11) is 8.24. The number of nitrogens with zero attached hydrogens (tertiary/aromatic N) is 2. The van der Waals surface area contributed by atoms with Crippen LogP contribution in [-0.4, -0.2) is 33.2 Å². The molecule has 0 saturated heterocycles. The van der Waals surface area contributed by atoms with E-state index in [2.05, 4.69) is 86.3 Å². The summed E-state index contributed by atoms with van der Waals surface area (Å²) in [5.74, 6) is 0. The quantitative estimate of drug-likeness (QED) is 0.786. The minimum Gasteiger partial charge on any atom is -0.378 e. The average Bonchev–Trinajstić information content (AvgIpc) is 2.84. The van der Waals surface area contributed by atoms with E-state index >= 15 is 0 Å². The standard InChI is InChI=1S/C19H22N3/c1-13-17-10-9-16(22(4)5)12-18(17)20-19(13)14-7-6-8-15(11-14)21(2)3/h6,8-12,20H,1-5H3. The number of aromatic nitrogens is 1. The van der Waals surface area contributed by atoms with Crippen LogP contribution in [0, 0.1) is 13.0 Å². The second kappa shape index (κ2) is 5.41. The fourth-order valence-electron chi connectivity index (χ4n) is 2.75. The number of nitrogens with one attached hydrogen (secondary N) is 1. The molecule has 0 aliphatic rings. The van der Waals surface area contributed by atoms with Gasteiger partial charge in [-0.3, -0.25) is 0 Å². The largest absolute Gasteiger partial charge is 0.378 e. The third kappa shape index (κ3) is 2.43. The van der Waals surface area contributed by atoms with Gasteiger partial charge < -0.3 is 14.8 Å². The van der Waals surface area contributed by atoms with Crippen LogP contribution in [0.2, 0.25) is 0 Å². The van der Waals surface area contributed by atoms with Crippen LogP contribution in [0.5, 0.6) is 0 Å². The highest BCUT2D eigenvalue weighted by molar-refractivity contribution is 5.92. The van der Waals surface area contributed by atoms with E-state index in [1.165, 1.54) is 27.8 Å². The van der Waals surface area contributed by atoms with E-state index in [1.807, 2.05) is 6.07 Å². The summed E-state index contributed by atoms with van der Waals surface area (Å²) in [6.07, 6.45) is 0. The molecule has 0 atom stereocenters. The summed E-state index contributed by atoms with van der Waals surface area (Å²) in [5.41, 5.74) is 7.07. The molecule has 113 valence electrons. The minimum absolute atomic E-state index is 1.10. The van der Waals surface area contributed by atoms with Crippen LogP contribution in [-0.2, 0) is 0 Å². The first kappa shape index (κ1) is 14.5. The average molecular weight is 292 g/mol. The number of hydrogen-bond acceptors (Lipinski definition) is 2. The second-order valence-electron chi connectivity index (χ2n) is 6.10. The van der Waals surface area contributed by atoms with Crippen LogP contribution in [0.4, 0.5) is 11.4 Å². The van der Waals surface area contributed by atoms with Gasteiger partial charge in [0.2, 0.25) is 0 Å². The summed E-state index contributed by atoms with van der Waals surface area (Å²) in [6.45, 7) is 2.17. The molecule has 1 radical (unpaired) electrons. The first-order chi connectivity index (χ1) is 10.5. The molecule has 2 aromatic carbocycles. The van der Waals surface area contributed by atoms with Crippen LogP contribution in [0.1, 0.15) is 5.56 Å². The molecule has 1 heterocycles. The lowest BCUT2D eigenvalue weighted by Crippen LogP contribution is -2.08. The van der Waals surface area contributed by atoms with Crippen molar-refractivity contribution >= 4 is 22.3 Å². The van der Waals surface area contributed by atoms with Gasteiger partial charge in [0.25, 0.3) is 0 Å². The molecule has 0 spiro atoms. The van der Waals surface area contributed by atoms with Crippen LogP contribution in [0.25, 0.3) is 22.2 Å². The number of hydrogen-bond donors (Lipinski definition) is 1. The smallest absolute Gasteiger partial charge is 0.0501 e. The molecule has 0 aliphatic heterocycles. The van der Waals surface area contributed by atoms with E-state index in [0.717, 1.165) is 11.3 Å². The molecule has 0 saturated carbocycles. The van der Waals surface area contributed by atoms with E-state index in [0.29, 0.717) is 0 Å². The zero-order valence-electron chi connectivity index (χ0n) is 13.9. The normalized spacial score (nSPS) is 11.0. The summed E-state index contributed by atoms with van der Waals surface area (Å²) in [4.78, 5) is 7.79. The molecule has 1 aromatic heterocycles. The predicted octanol–water partition coefficient (Wildman–Crippen LogP) is 4.08. The minimum atomic E-state index is 1.10. The summed E-state index contributed by atoms with van der Waals surface area (Å²) in [6, 6.07) is 16.1. The molecule has 3 heteroatoms. The maximum atomic E-state index is 3.57. The van der Waals surface area contributed by atoms with Crippen molar-refractivity contribution < 1.29 is 0 Å². The highest BCUT2D eigenvalue weighted by atomic mass is 15.1. The Labute approximate surface area is 132 Å². The van der Waals surface area contributed by atoms with E-state index in [4.69, 9.17) is 0 Å². The number of aryl methyl sites for hydroxylation is 1. The Hall–Kier alpha value is -2.42. The van der Waals surface area contributed by atoms with Crippen molar-refractivity contribution in [3.8, 4) is 11.3 Å². The number of benzene rings is 2. The van der Waals surface area contributed by atoms with Crippen LogP contribution in [0.3, 0.4) is 0 Å². The lowest BCUT2D eigenvalue weighted by atomic mass is 10.1. The molecule has 3 rings (SSSR count). The van der Waals surface area contributed by atoms with E-state index in [9.17, 15) is 0 Å². The van der Waals surface area contributed by atoms with Gasteiger partial charge in [0.1, 0.15) is 0 Å². The lowest BCUT2D eigenvalue weighted by Gasteiger charge is -2.13. The summed E-state index contributed by atoms with van der Waals surface area (Å²) in [5, 5.41) is 1.27. The van der Waals surface area contributed by atoms with E-state index in [-0.39, 0.29) is 0 Å². The molecule has 0 aliphatic carbocycles. The molecule has 3 nitrogen and oxygen atoms in total. The zero-order chi connectivity index (χ0) is 15.9. The molecule has 0 amide bonds. The third-order valence-electron chi connectivity index (χ3n) is 4.13. The Morgan fingerprint density at radius 2 is 1.59 bits per heavy atom. The number of H-pyrrole nitrogens is 1. The van der Waals surface area contributed by atoms with Crippen molar-refractivity contribution in [2.24, 2.45) is 0 Å². The summed E-state index contributed by atoms with van der Waals surface area (Å²) < 4.78 is 0. The lowest BCUT2D eigenvalue weighted by molar-refractivity contribution is 1.13. The highest BCUT2D eigenvalue weighted by Gasteiger charge is 2.11. The van der Waals surface area contributed by atoms with Gasteiger partial charge in [0, 0.05) is 56.0 Å². The zero-order valence-corrected chi connectivity index (χ0v) is 13.9.